The molecule has 0 saturated heterocycles. The average molecular weight is 313 g/mol. The van der Waals surface area contributed by atoms with Crippen molar-refractivity contribution in [3.05, 3.63) is 45.0 Å². The summed E-state index contributed by atoms with van der Waals surface area (Å²) in [6.45, 7) is 3.90. The fraction of sp³-hybridized carbons (Fsp3) is 0.167. The van der Waals surface area contributed by atoms with Crippen molar-refractivity contribution in [1.29, 1.82) is 0 Å². The summed E-state index contributed by atoms with van der Waals surface area (Å²) in [5.41, 5.74) is 2.89. The molecular weight excluding hydrogens is 302 g/mol. The lowest BCUT2D eigenvalue weighted by molar-refractivity contribution is 1.00. The van der Waals surface area contributed by atoms with Gasteiger partial charge in [-0.1, -0.05) is 23.7 Å². The summed E-state index contributed by atoms with van der Waals surface area (Å²) in [6, 6.07) is 7.85. The smallest absolute Gasteiger partial charge is 0.156 e. The molecule has 2 aromatic rings. The quantitative estimate of drug-likeness (QED) is 0.900. The monoisotopic (exact) mass is 311 g/mol. The third-order valence-electron chi connectivity index (χ3n) is 2.59. The van der Waals surface area contributed by atoms with Gasteiger partial charge in [0, 0.05) is 4.47 Å². The van der Waals surface area contributed by atoms with Gasteiger partial charge in [0.05, 0.1) is 5.69 Å². The maximum absolute atomic E-state index is 5.91. The van der Waals surface area contributed by atoms with E-state index in [1.54, 1.807) is 0 Å². The average Bonchev–Trinajstić information content (AvgIpc) is 2.32. The van der Waals surface area contributed by atoms with Crippen molar-refractivity contribution in [1.82, 2.24) is 10.2 Å². The molecule has 0 unspecified atom stereocenters. The summed E-state index contributed by atoms with van der Waals surface area (Å²) < 4.78 is 0.980. The van der Waals surface area contributed by atoms with E-state index in [0.717, 1.165) is 27.1 Å². The Bertz CT molecular complexity index is 557. The molecule has 0 fully saturated rings. The predicted octanol–water partition coefficient (Wildman–Crippen LogP) is 4.25. The van der Waals surface area contributed by atoms with E-state index in [1.807, 2.05) is 38.1 Å². The Hall–Kier alpha value is -1.13. The molecule has 5 heteroatoms. The van der Waals surface area contributed by atoms with Gasteiger partial charge >= 0.3 is 0 Å². The predicted molar refractivity (Wildman–Crippen MR) is 73.9 cm³/mol. The number of anilines is 2. The van der Waals surface area contributed by atoms with Crippen LogP contribution in [0.1, 0.15) is 11.1 Å². The van der Waals surface area contributed by atoms with Gasteiger partial charge in [-0.2, -0.15) is 0 Å². The standard InChI is InChI=1S/C12H11BrClN3/c1-7-8(2)12(17-16-11(7)14)15-10-6-4-3-5-9(10)13/h3-6H,1-2H3,(H,15,17). The lowest BCUT2D eigenvalue weighted by Gasteiger charge is -2.11. The molecule has 0 saturated carbocycles. The number of para-hydroxylation sites is 1. The largest absolute Gasteiger partial charge is 0.338 e. The third kappa shape index (κ3) is 2.58. The number of nitrogens with zero attached hydrogens (tertiary/aromatic N) is 2. The highest BCUT2D eigenvalue weighted by Crippen LogP contribution is 2.27. The zero-order valence-corrected chi connectivity index (χ0v) is 11.8. The first-order chi connectivity index (χ1) is 8.09. The fourth-order valence-electron chi connectivity index (χ4n) is 1.39. The van der Waals surface area contributed by atoms with Gasteiger partial charge in [-0.3, -0.25) is 0 Å². The molecule has 3 nitrogen and oxygen atoms in total. The van der Waals surface area contributed by atoms with Crippen molar-refractivity contribution in [3.8, 4) is 0 Å². The number of benzene rings is 1. The van der Waals surface area contributed by atoms with Crippen LogP contribution < -0.4 is 5.32 Å². The Morgan fingerprint density at radius 3 is 2.53 bits per heavy atom. The third-order valence-corrected chi connectivity index (χ3v) is 3.64. The second-order valence-electron chi connectivity index (χ2n) is 3.69. The summed E-state index contributed by atoms with van der Waals surface area (Å²) >= 11 is 9.38. The maximum atomic E-state index is 5.91. The van der Waals surface area contributed by atoms with Crippen LogP contribution in [0.25, 0.3) is 0 Å². The van der Waals surface area contributed by atoms with Crippen LogP contribution in [0.2, 0.25) is 5.15 Å². The molecule has 17 heavy (non-hydrogen) atoms. The molecule has 0 atom stereocenters. The molecule has 1 aromatic carbocycles. The van der Waals surface area contributed by atoms with E-state index in [0.29, 0.717) is 5.15 Å². The zero-order valence-electron chi connectivity index (χ0n) is 9.46. The Morgan fingerprint density at radius 2 is 1.82 bits per heavy atom. The van der Waals surface area contributed by atoms with Crippen LogP contribution in [0.4, 0.5) is 11.5 Å². The van der Waals surface area contributed by atoms with E-state index >= 15 is 0 Å². The highest BCUT2D eigenvalue weighted by atomic mass is 79.9. The molecule has 0 radical (unpaired) electrons. The first-order valence-corrected chi connectivity index (χ1v) is 6.27. The second-order valence-corrected chi connectivity index (χ2v) is 4.91. The van der Waals surface area contributed by atoms with Gasteiger partial charge in [-0.25, -0.2) is 0 Å². The van der Waals surface area contributed by atoms with Gasteiger partial charge in [0.1, 0.15) is 0 Å². The zero-order chi connectivity index (χ0) is 12.4. The van der Waals surface area contributed by atoms with Crippen molar-refractivity contribution in [2.45, 2.75) is 13.8 Å². The van der Waals surface area contributed by atoms with Crippen LogP contribution >= 0.6 is 27.5 Å². The molecule has 0 aliphatic rings. The van der Waals surface area contributed by atoms with Gasteiger partial charge in [-0.05, 0) is 53.0 Å². The number of hydrogen-bond donors (Lipinski definition) is 1. The van der Waals surface area contributed by atoms with E-state index in [-0.39, 0.29) is 0 Å². The molecule has 0 spiro atoms. The van der Waals surface area contributed by atoms with Crippen LogP contribution in [0.5, 0.6) is 0 Å². The lowest BCUT2D eigenvalue weighted by Crippen LogP contribution is -2.01. The minimum atomic E-state index is 0.445. The Kier molecular flexibility index (Phi) is 3.64. The summed E-state index contributed by atoms with van der Waals surface area (Å²) in [4.78, 5) is 0. The fourth-order valence-corrected chi connectivity index (χ4v) is 1.95. The first kappa shape index (κ1) is 12.3. The topological polar surface area (TPSA) is 37.8 Å². The SMILES string of the molecule is Cc1c(Cl)nnc(Nc2ccccc2Br)c1C. The van der Waals surface area contributed by atoms with Gasteiger partial charge in [0.2, 0.25) is 0 Å². The molecular formula is C12H11BrClN3. The molecule has 0 bridgehead atoms. The first-order valence-electron chi connectivity index (χ1n) is 5.10. The summed E-state index contributed by atoms with van der Waals surface area (Å²) in [5, 5.41) is 11.6. The van der Waals surface area contributed by atoms with Gasteiger partial charge in [0.25, 0.3) is 0 Å². The van der Waals surface area contributed by atoms with Crippen molar-refractivity contribution in [2.75, 3.05) is 5.32 Å². The lowest BCUT2D eigenvalue weighted by atomic mass is 10.2. The molecule has 0 aliphatic carbocycles. The number of aromatic nitrogens is 2. The van der Waals surface area contributed by atoms with Gasteiger partial charge in [-0.15, -0.1) is 10.2 Å². The van der Waals surface area contributed by atoms with Crippen LogP contribution in [0, 0.1) is 13.8 Å². The van der Waals surface area contributed by atoms with Crippen molar-refractivity contribution in [2.24, 2.45) is 0 Å². The highest BCUT2D eigenvalue weighted by Gasteiger charge is 2.09. The van der Waals surface area contributed by atoms with Crippen LogP contribution in [0.15, 0.2) is 28.7 Å². The number of nitrogens with one attached hydrogen (secondary N) is 1. The molecule has 1 N–H and O–H groups in total. The van der Waals surface area contributed by atoms with Crippen molar-refractivity contribution >= 4 is 39.0 Å². The van der Waals surface area contributed by atoms with E-state index in [2.05, 4.69) is 31.4 Å². The number of halogens is 2. The molecule has 1 aromatic heterocycles. The molecule has 88 valence electrons. The molecule has 0 aliphatic heterocycles. The molecule has 1 heterocycles. The normalized spacial score (nSPS) is 10.4. The Balaban J connectivity index is 2.38. The van der Waals surface area contributed by atoms with Gasteiger partial charge < -0.3 is 5.32 Å². The molecule has 2 rings (SSSR count). The number of hydrogen-bond acceptors (Lipinski definition) is 3. The van der Waals surface area contributed by atoms with Crippen molar-refractivity contribution in [3.63, 3.8) is 0 Å². The van der Waals surface area contributed by atoms with Crippen LogP contribution in [0.3, 0.4) is 0 Å². The second kappa shape index (κ2) is 5.02. The maximum Gasteiger partial charge on any atom is 0.156 e. The van der Waals surface area contributed by atoms with Crippen LogP contribution in [-0.2, 0) is 0 Å². The van der Waals surface area contributed by atoms with E-state index in [1.165, 1.54) is 0 Å². The van der Waals surface area contributed by atoms with Gasteiger partial charge in [0.15, 0.2) is 11.0 Å². The Labute approximate surface area is 113 Å². The van der Waals surface area contributed by atoms with E-state index in [4.69, 9.17) is 11.6 Å². The highest BCUT2D eigenvalue weighted by molar-refractivity contribution is 9.10. The number of rotatable bonds is 2. The van der Waals surface area contributed by atoms with E-state index < -0.39 is 0 Å². The Morgan fingerprint density at radius 1 is 1.12 bits per heavy atom. The minimum absolute atomic E-state index is 0.445. The summed E-state index contributed by atoms with van der Waals surface area (Å²) in [6.07, 6.45) is 0. The summed E-state index contributed by atoms with van der Waals surface area (Å²) in [5.74, 6) is 0.721. The minimum Gasteiger partial charge on any atom is -0.338 e. The van der Waals surface area contributed by atoms with Crippen LogP contribution in [-0.4, -0.2) is 10.2 Å². The van der Waals surface area contributed by atoms with Crippen molar-refractivity contribution < 1.29 is 0 Å². The van der Waals surface area contributed by atoms with E-state index in [9.17, 15) is 0 Å². The molecule has 0 amide bonds. The summed E-state index contributed by atoms with van der Waals surface area (Å²) in [7, 11) is 0.